The minimum absolute atomic E-state index is 0.242. The molecule has 4 heteroatoms. The number of aromatic nitrogens is 1. The second kappa shape index (κ2) is 5.39. The van der Waals surface area contributed by atoms with Gasteiger partial charge in [-0.2, -0.15) is 0 Å². The zero-order chi connectivity index (χ0) is 15.8. The van der Waals surface area contributed by atoms with Crippen LogP contribution in [0.25, 0.3) is 17.0 Å². The van der Waals surface area contributed by atoms with Crippen molar-refractivity contribution in [3.63, 3.8) is 0 Å². The number of aryl methyl sites for hydroxylation is 1. The van der Waals surface area contributed by atoms with Crippen molar-refractivity contribution in [3.8, 4) is 0 Å². The molecule has 114 valence electrons. The number of fused-ring (bicyclic) bond motifs is 2. The summed E-state index contributed by atoms with van der Waals surface area (Å²) in [6, 6.07) is 15.9. The van der Waals surface area contributed by atoms with Crippen LogP contribution in [-0.2, 0) is 13.5 Å². The molecule has 4 rings (SSSR count). The molecule has 0 aliphatic carbocycles. The van der Waals surface area contributed by atoms with Gasteiger partial charge in [0, 0.05) is 36.1 Å². The van der Waals surface area contributed by atoms with Crippen LogP contribution in [0.15, 0.2) is 60.8 Å². The number of nitroso groups, excluding NO2 is 1. The predicted octanol–water partition coefficient (Wildman–Crippen LogP) is 3.92. The first-order valence-electron chi connectivity index (χ1n) is 7.75. The van der Waals surface area contributed by atoms with Gasteiger partial charge in [0.05, 0.1) is 4.91 Å². The maximum atomic E-state index is 12.5. The standard InChI is InChI=1S/C19H18N3O/c1-21-13-15(17-7-3-5-9-19(17)21)12-16-11-10-14-6-2-4-8-18(14)20-22(16)23/h2-11,13,16H,12H2,1H3,(H,20,23)/q+1. The number of hydrogen-bond donors (Lipinski definition) is 1. The van der Waals surface area contributed by atoms with Crippen molar-refractivity contribution >= 4 is 22.7 Å². The lowest BCUT2D eigenvalue weighted by Crippen LogP contribution is -2.28. The van der Waals surface area contributed by atoms with E-state index in [0.29, 0.717) is 6.42 Å². The number of hydrogen-bond acceptors (Lipinski definition) is 1. The lowest BCUT2D eigenvalue weighted by molar-refractivity contribution is -0.544. The molecule has 0 saturated carbocycles. The van der Waals surface area contributed by atoms with E-state index in [1.165, 1.54) is 16.5 Å². The summed E-state index contributed by atoms with van der Waals surface area (Å²) >= 11 is 0. The molecule has 0 spiro atoms. The van der Waals surface area contributed by atoms with Crippen molar-refractivity contribution < 1.29 is 4.87 Å². The first-order valence-corrected chi connectivity index (χ1v) is 7.75. The Hall–Kier alpha value is -2.88. The molecular weight excluding hydrogens is 286 g/mol. The molecule has 1 N–H and O–H groups in total. The number of para-hydroxylation sites is 2. The molecule has 1 unspecified atom stereocenters. The third kappa shape index (κ3) is 2.42. The second-order valence-electron chi connectivity index (χ2n) is 5.94. The minimum Gasteiger partial charge on any atom is -0.350 e. The van der Waals surface area contributed by atoms with Gasteiger partial charge in [-0.3, -0.25) is 0 Å². The fourth-order valence-electron chi connectivity index (χ4n) is 3.20. The van der Waals surface area contributed by atoms with Crippen LogP contribution < -0.4 is 5.43 Å². The van der Waals surface area contributed by atoms with Gasteiger partial charge in [0.25, 0.3) is 6.04 Å². The van der Waals surface area contributed by atoms with Crippen molar-refractivity contribution in [2.24, 2.45) is 7.05 Å². The van der Waals surface area contributed by atoms with Gasteiger partial charge in [-0.25, -0.2) is 0 Å². The molecule has 23 heavy (non-hydrogen) atoms. The van der Waals surface area contributed by atoms with Crippen LogP contribution in [0.4, 0.5) is 5.69 Å². The summed E-state index contributed by atoms with van der Waals surface area (Å²) in [5, 5.41) is 1.21. The largest absolute Gasteiger partial charge is 0.350 e. The average molecular weight is 304 g/mol. The molecule has 1 aliphatic rings. The third-order valence-corrected chi connectivity index (χ3v) is 4.40. The van der Waals surface area contributed by atoms with Crippen molar-refractivity contribution in [1.29, 1.82) is 0 Å². The lowest BCUT2D eigenvalue weighted by atomic mass is 10.0. The highest BCUT2D eigenvalue weighted by Gasteiger charge is 2.28. The number of rotatable bonds is 2. The summed E-state index contributed by atoms with van der Waals surface area (Å²) in [6.45, 7) is 0. The highest BCUT2D eigenvalue weighted by molar-refractivity contribution is 5.84. The smallest absolute Gasteiger partial charge is 0.257 e. The first kappa shape index (κ1) is 13.8. The van der Waals surface area contributed by atoms with Gasteiger partial charge in [0.15, 0.2) is 0 Å². The zero-order valence-electron chi connectivity index (χ0n) is 12.9. The number of benzene rings is 2. The Bertz CT molecular complexity index is 923. The fraction of sp³-hybridized carbons (Fsp3) is 0.158. The maximum Gasteiger partial charge on any atom is 0.257 e. The molecule has 0 saturated heterocycles. The molecule has 0 amide bonds. The topological polar surface area (TPSA) is 37.0 Å². The quantitative estimate of drug-likeness (QED) is 0.729. The van der Waals surface area contributed by atoms with Gasteiger partial charge < -0.3 is 4.57 Å². The Balaban J connectivity index is 1.68. The van der Waals surface area contributed by atoms with Crippen molar-refractivity contribution in [2.75, 3.05) is 5.43 Å². The van der Waals surface area contributed by atoms with E-state index in [1.807, 2.05) is 55.6 Å². The molecule has 2 aromatic carbocycles. The molecule has 0 bridgehead atoms. The summed E-state index contributed by atoms with van der Waals surface area (Å²) in [6.07, 6.45) is 6.79. The molecule has 4 nitrogen and oxygen atoms in total. The minimum atomic E-state index is -0.242. The summed E-state index contributed by atoms with van der Waals surface area (Å²) < 4.78 is 2.11. The molecule has 1 atom stereocenters. The molecule has 2 heterocycles. The van der Waals surface area contributed by atoms with E-state index in [4.69, 9.17) is 0 Å². The van der Waals surface area contributed by atoms with E-state index >= 15 is 0 Å². The Kier molecular flexibility index (Phi) is 3.23. The van der Waals surface area contributed by atoms with Crippen LogP contribution in [0, 0.1) is 4.91 Å². The summed E-state index contributed by atoms with van der Waals surface area (Å²) in [5.74, 6) is 0. The predicted molar refractivity (Wildman–Crippen MR) is 93.1 cm³/mol. The molecule has 0 radical (unpaired) electrons. The van der Waals surface area contributed by atoms with Crippen LogP contribution in [0.2, 0.25) is 0 Å². The highest BCUT2D eigenvalue weighted by atomic mass is 16.3. The number of hydrazine groups is 1. The Labute approximate surface area is 134 Å². The third-order valence-electron chi connectivity index (χ3n) is 4.40. The van der Waals surface area contributed by atoms with Crippen molar-refractivity contribution in [3.05, 3.63) is 76.8 Å². The molecule has 1 aromatic heterocycles. The van der Waals surface area contributed by atoms with E-state index < -0.39 is 0 Å². The normalized spacial score (nSPS) is 16.9. The van der Waals surface area contributed by atoms with E-state index in [9.17, 15) is 4.91 Å². The van der Waals surface area contributed by atoms with E-state index in [-0.39, 0.29) is 6.04 Å². The number of nitrogens with zero attached hydrogens (tertiary/aromatic N) is 2. The molecule has 1 aliphatic heterocycles. The van der Waals surface area contributed by atoms with Crippen LogP contribution >= 0.6 is 0 Å². The van der Waals surface area contributed by atoms with Crippen molar-refractivity contribution in [1.82, 2.24) is 4.57 Å². The monoisotopic (exact) mass is 304 g/mol. The van der Waals surface area contributed by atoms with Crippen LogP contribution in [-0.4, -0.2) is 15.5 Å². The highest BCUT2D eigenvalue weighted by Crippen LogP contribution is 2.25. The first-order chi connectivity index (χ1) is 11.2. The van der Waals surface area contributed by atoms with E-state index in [2.05, 4.69) is 28.3 Å². The van der Waals surface area contributed by atoms with Crippen molar-refractivity contribution in [2.45, 2.75) is 12.5 Å². The Morgan fingerprint density at radius 3 is 2.83 bits per heavy atom. The van der Waals surface area contributed by atoms with E-state index in [0.717, 1.165) is 16.1 Å². The Morgan fingerprint density at radius 1 is 1.13 bits per heavy atom. The van der Waals surface area contributed by atoms with Crippen LogP contribution in [0.1, 0.15) is 11.1 Å². The summed E-state index contributed by atoms with van der Waals surface area (Å²) in [4.78, 5) is 13.4. The maximum absolute atomic E-state index is 12.5. The summed E-state index contributed by atoms with van der Waals surface area (Å²) in [5.41, 5.74) is 7.21. The molecule has 3 aromatic rings. The van der Waals surface area contributed by atoms with E-state index in [1.54, 1.807) is 0 Å². The van der Waals surface area contributed by atoms with Gasteiger partial charge in [0.1, 0.15) is 10.6 Å². The number of anilines is 1. The average Bonchev–Trinajstić information content (AvgIpc) is 2.79. The molecular formula is C19H18N3O+. The van der Waals surface area contributed by atoms with Gasteiger partial charge in [0.2, 0.25) is 0 Å². The van der Waals surface area contributed by atoms with Gasteiger partial charge >= 0.3 is 0 Å². The van der Waals surface area contributed by atoms with Gasteiger partial charge in [-0.05, 0) is 29.8 Å². The lowest BCUT2D eigenvalue weighted by Gasteiger charge is -2.04. The van der Waals surface area contributed by atoms with Crippen LogP contribution in [0.3, 0.4) is 0 Å². The van der Waals surface area contributed by atoms with Gasteiger partial charge in [-0.1, -0.05) is 36.4 Å². The molecule has 0 fully saturated rings. The number of nitrogens with one attached hydrogen (secondary N) is 1. The zero-order valence-corrected chi connectivity index (χ0v) is 12.9. The van der Waals surface area contributed by atoms with Gasteiger partial charge in [-0.15, -0.1) is 5.43 Å². The second-order valence-corrected chi connectivity index (χ2v) is 5.94. The SMILES string of the molecule is Cn1cc(CC2C=Cc3ccccc3N[N+]2=O)c2ccccc21. The van der Waals surface area contributed by atoms with Crippen LogP contribution in [0.5, 0.6) is 0 Å². The fourth-order valence-corrected chi connectivity index (χ4v) is 3.20. The summed E-state index contributed by atoms with van der Waals surface area (Å²) in [7, 11) is 2.04. The Morgan fingerprint density at radius 2 is 1.91 bits per heavy atom.